The molecule has 0 saturated heterocycles. The fraction of sp³-hybridized carbons (Fsp3) is 0.100. The van der Waals surface area contributed by atoms with Crippen molar-refractivity contribution in [1.29, 1.82) is 0 Å². The fourth-order valence-corrected chi connectivity index (χ4v) is 2.92. The molecule has 3 rings (SSSR count). The van der Waals surface area contributed by atoms with Crippen LogP contribution < -0.4 is 15.6 Å². The average molecular weight is 457 g/mol. The lowest BCUT2D eigenvalue weighted by molar-refractivity contribution is -0.138. The van der Waals surface area contributed by atoms with Crippen molar-refractivity contribution < 1.29 is 22.7 Å². The van der Waals surface area contributed by atoms with Crippen LogP contribution in [0.15, 0.2) is 65.6 Å². The molecule has 0 bridgehead atoms. The molecule has 30 heavy (non-hydrogen) atoms. The highest BCUT2D eigenvalue weighted by Crippen LogP contribution is 2.32. The Morgan fingerprint density at radius 3 is 2.43 bits per heavy atom. The number of hydrogen-bond acceptors (Lipinski definition) is 3. The SMILES string of the molecule is O=C(Cn1cc(C(F)(F)F)cc(Cl)c1=O)Nc1cc(Cl)ccc1Oc1ccccc1. The first kappa shape index (κ1) is 21.7. The van der Waals surface area contributed by atoms with E-state index < -0.39 is 34.8 Å². The zero-order valence-corrected chi connectivity index (χ0v) is 16.6. The number of anilines is 1. The van der Waals surface area contributed by atoms with E-state index in [1.165, 1.54) is 12.1 Å². The molecule has 0 atom stereocenters. The van der Waals surface area contributed by atoms with E-state index in [4.69, 9.17) is 27.9 Å². The van der Waals surface area contributed by atoms with Crippen LogP contribution in [0.2, 0.25) is 10.0 Å². The topological polar surface area (TPSA) is 60.3 Å². The van der Waals surface area contributed by atoms with Crippen LogP contribution in [-0.4, -0.2) is 10.5 Å². The van der Waals surface area contributed by atoms with Gasteiger partial charge >= 0.3 is 6.18 Å². The summed E-state index contributed by atoms with van der Waals surface area (Å²) >= 11 is 11.6. The van der Waals surface area contributed by atoms with Crippen LogP contribution in [0.1, 0.15) is 5.56 Å². The molecular formula is C20H13Cl2F3N2O3. The monoisotopic (exact) mass is 456 g/mol. The van der Waals surface area contributed by atoms with Crippen molar-refractivity contribution in [1.82, 2.24) is 4.57 Å². The smallest absolute Gasteiger partial charge is 0.417 e. The predicted molar refractivity (Wildman–Crippen MR) is 107 cm³/mol. The van der Waals surface area contributed by atoms with E-state index in [0.717, 1.165) is 0 Å². The van der Waals surface area contributed by atoms with Gasteiger partial charge in [-0.1, -0.05) is 41.4 Å². The second-order valence-corrected chi connectivity index (χ2v) is 6.95. The van der Waals surface area contributed by atoms with Crippen LogP contribution in [0.25, 0.3) is 0 Å². The Labute approximate surface area is 178 Å². The normalized spacial score (nSPS) is 11.2. The van der Waals surface area contributed by atoms with Crippen LogP contribution in [0.5, 0.6) is 11.5 Å². The number of hydrogen-bond donors (Lipinski definition) is 1. The molecule has 0 saturated carbocycles. The number of carbonyl (C=O) groups excluding carboxylic acids is 1. The molecule has 0 aliphatic heterocycles. The van der Waals surface area contributed by atoms with Gasteiger partial charge in [0.05, 0.1) is 11.3 Å². The Balaban J connectivity index is 1.84. The van der Waals surface area contributed by atoms with Gasteiger partial charge in [-0.05, 0) is 36.4 Å². The first-order valence-corrected chi connectivity index (χ1v) is 9.18. The van der Waals surface area contributed by atoms with Gasteiger partial charge in [0.15, 0.2) is 5.75 Å². The number of halogens is 5. The number of para-hydroxylation sites is 1. The van der Waals surface area contributed by atoms with Crippen LogP contribution in [0, 0.1) is 0 Å². The van der Waals surface area contributed by atoms with Gasteiger partial charge in [0, 0.05) is 11.2 Å². The van der Waals surface area contributed by atoms with E-state index >= 15 is 0 Å². The molecule has 2 aromatic carbocycles. The Kier molecular flexibility index (Phi) is 6.38. The van der Waals surface area contributed by atoms with Gasteiger partial charge in [-0.2, -0.15) is 13.2 Å². The van der Waals surface area contributed by atoms with Gasteiger partial charge in [-0.25, -0.2) is 0 Å². The van der Waals surface area contributed by atoms with Crippen LogP contribution in [0.3, 0.4) is 0 Å². The fourth-order valence-electron chi connectivity index (χ4n) is 2.52. The molecule has 0 aliphatic rings. The van der Waals surface area contributed by atoms with E-state index in [0.29, 0.717) is 27.6 Å². The largest absolute Gasteiger partial charge is 0.455 e. The third-order valence-electron chi connectivity index (χ3n) is 3.87. The van der Waals surface area contributed by atoms with Crippen molar-refractivity contribution in [3.63, 3.8) is 0 Å². The highest BCUT2D eigenvalue weighted by molar-refractivity contribution is 6.31. The lowest BCUT2D eigenvalue weighted by atomic mass is 10.2. The second kappa shape index (κ2) is 8.81. The summed E-state index contributed by atoms with van der Waals surface area (Å²) in [4.78, 5) is 24.5. The standard InChI is InChI=1S/C20H13Cl2F3N2O3/c21-13-6-7-17(30-14-4-2-1-3-5-14)16(9-13)26-18(28)11-27-10-12(20(23,24)25)8-15(22)19(27)29/h1-10H,11H2,(H,26,28). The number of nitrogens with one attached hydrogen (secondary N) is 1. The van der Waals surface area contributed by atoms with Crippen LogP contribution in [0.4, 0.5) is 18.9 Å². The maximum atomic E-state index is 13.0. The Morgan fingerprint density at radius 1 is 1.07 bits per heavy atom. The molecule has 0 aliphatic carbocycles. The summed E-state index contributed by atoms with van der Waals surface area (Å²) < 4.78 is 45.2. The number of nitrogens with zero attached hydrogens (tertiary/aromatic N) is 1. The number of rotatable bonds is 5. The summed E-state index contributed by atoms with van der Waals surface area (Å²) in [5.41, 5.74) is -1.88. The number of alkyl halides is 3. The maximum Gasteiger partial charge on any atom is 0.417 e. The minimum atomic E-state index is -4.72. The molecule has 1 amide bonds. The zero-order valence-electron chi connectivity index (χ0n) is 15.0. The highest BCUT2D eigenvalue weighted by atomic mass is 35.5. The first-order valence-electron chi connectivity index (χ1n) is 8.43. The van der Waals surface area contributed by atoms with E-state index in [-0.39, 0.29) is 11.4 Å². The summed E-state index contributed by atoms with van der Waals surface area (Å²) in [6.07, 6.45) is -4.19. The summed E-state index contributed by atoms with van der Waals surface area (Å²) in [6, 6.07) is 13.7. The molecule has 0 unspecified atom stereocenters. The lowest BCUT2D eigenvalue weighted by Crippen LogP contribution is -2.29. The van der Waals surface area contributed by atoms with Crippen molar-refractivity contribution in [2.75, 3.05) is 5.32 Å². The third kappa shape index (κ3) is 5.34. The zero-order chi connectivity index (χ0) is 21.9. The summed E-state index contributed by atoms with van der Waals surface area (Å²) in [7, 11) is 0. The molecule has 5 nitrogen and oxygen atoms in total. The molecule has 156 valence electrons. The Morgan fingerprint density at radius 2 is 1.77 bits per heavy atom. The quantitative estimate of drug-likeness (QED) is 0.543. The second-order valence-electron chi connectivity index (χ2n) is 6.11. The molecule has 1 heterocycles. The Hall–Kier alpha value is -2.97. The summed E-state index contributed by atoms with van der Waals surface area (Å²) in [6.45, 7) is -0.695. The molecule has 0 fully saturated rings. The van der Waals surface area contributed by atoms with Gasteiger partial charge in [0.2, 0.25) is 5.91 Å². The number of amides is 1. The maximum absolute atomic E-state index is 13.0. The van der Waals surface area contributed by atoms with Crippen LogP contribution in [-0.2, 0) is 17.5 Å². The van der Waals surface area contributed by atoms with Crippen molar-refractivity contribution in [2.45, 2.75) is 12.7 Å². The van der Waals surface area contributed by atoms with Gasteiger partial charge in [-0.3, -0.25) is 9.59 Å². The van der Waals surface area contributed by atoms with Crippen LogP contribution >= 0.6 is 23.2 Å². The number of carbonyl (C=O) groups is 1. The molecule has 0 radical (unpaired) electrons. The van der Waals surface area contributed by atoms with Gasteiger partial charge in [0.1, 0.15) is 17.3 Å². The predicted octanol–water partition coefficient (Wildman–Crippen LogP) is 5.60. The molecule has 10 heteroatoms. The van der Waals surface area contributed by atoms with E-state index in [2.05, 4.69) is 5.32 Å². The molecule has 1 N–H and O–H groups in total. The summed E-state index contributed by atoms with van der Waals surface area (Å²) in [5, 5.41) is 2.14. The van der Waals surface area contributed by atoms with E-state index in [9.17, 15) is 22.8 Å². The summed E-state index contributed by atoms with van der Waals surface area (Å²) in [5.74, 6) is -0.0164. The number of aromatic nitrogens is 1. The minimum Gasteiger partial charge on any atom is -0.455 e. The van der Waals surface area contributed by atoms with Crippen molar-refractivity contribution in [2.24, 2.45) is 0 Å². The van der Waals surface area contributed by atoms with Crippen molar-refractivity contribution >= 4 is 34.8 Å². The van der Waals surface area contributed by atoms with Gasteiger partial charge in [0.25, 0.3) is 5.56 Å². The number of pyridine rings is 1. The highest BCUT2D eigenvalue weighted by Gasteiger charge is 2.32. The van der Waals surface area contributed by atoms with Gasteiger partial charge in [-0.15, -0.1) is 0 Å². The number of benzene rings is 2. The van der Waals surface area contributed by atoms with E-state index in [1.807, 2.05) is 0 Å². The van der Waals surface area contributed by atoms with Crippen molar-refractivity contribution in [3.8, 4) is 11.5 Å². The Bertz CT molecular complexity index is 1130. The third-order valence-corrected chi connectivity index (χ3v) is 4.38. The first-order chi connectivity index (χ1) is 14.1. The lowest BCUT2D eigenvalue weighted by Gasteiger charge is -2.14. The minimum absolute atomic E-state index is 0.183. The molecule has 1 aromatic heterocycles. The van der Waals surface area contributed by atoms with Crippen molar-refractivity contribution in [3.05, 3.63) is 86.8 Å². The molecular weight excluding hydrogens is 444 g/mol. The average Bonchev–Trinajstić information content (AvgIpc) is 2.67. The van der Waals surface area contributed by atoms with E-state index in [1.54, 1.807) is 36.4 Å². The molecule has 0 spiro atoms. The molecule has 3 aromatic rings. The van der Waals surface area contributed by atoms with Gasteiger partial charge < -0.3 is 14.6 Å². The number of ether oxygens (including phenoxy) is 1.